The average Bonchev–Trinajstić information content (AvgIpc) is 3.23. The highest BCUT2D eigenvalue weighted by atomic mass is 16.7. The van der Waals surface area contributed by atoms with Crippen molar-refractivity contribution in [3.8, 4) is 17.2 Å². The van der Waals surface area contributed by atoms with E-state index in [4.69, 9.17) is 14.2 Å². The minimum absolute atomic E-state index is 0.156. The minimum atomic E-state index is -1.03. The van der Waals surface area contributed by atoms with Gasteiger partial charge in [-0.15, -0.1) is 0 Å². The number of carbonyl (C=O) groups excluding carboxylic acids is 1. The molecular weight excluding hydrogens is 316 g/mol. The van der Waals surface area contributed by atoms with Gasteiger partial charge in [0.2, 0.25) is 18.4 Å². The molecule has 0 spiro atoms. The van der Waals surface area contributed by atoms with E-state index in [2.05, 4.69) is 5.32 Å². The van der Waals surface area contributed by atoms with Gasteiger partial charge in [0, 0.05) is 26.2 Å². The van der Waals surface area contributed by atoms with E-state index in [0.29, 0.717) is 36.9 Å². The van der Waals surface area contributed by atoms with Crippen LogP contribution in [0.4, 0.5) is 0 Å². The standard InChI is InChI=1S/C16H18N2O6/c1-22-11-2-9(3-12-13(11)24-8-23-12)4-18-5-10-14(19)17-6-16(10,7-18)15(20)21/h2-3,10H,4-8H2,1H3,(H,17,19)(H,20,21)/t10-,16+/m1/s1. The molecular formula is C16H18N2O6. The van der Waals surface area contributed by atoms with Crippen molar-refractivity contribution in [2.75, 3.05) is 33.5 Å². The van der Waals surface area contributed by atoms with E-state index >= 15 is 0 Å². The first-order chi connectivity index (χ1) is 11.5. The maximum Gasteiger partial charge on any atom is 0.313 e. The maximum absolute atomic E-state index is 12.0. The van der Waals surface area contributed by atoms with E-state index in [9.17, 15) is 14.7 Å². The third-order valence-electron chi connectivity index (χ3n) is 5.06. The molecule has 1 aromatic carbocycles. The average molecular weight is 334 g/mol. The van der Waals surface area contributed by atoms with Crippen molar-refractivity contribution >= 4 is 11.9 Å². The van der Waals surface area contributed by atoms with Gasteiger partial charge >= 0.3 is 5.97 Å². The molecule has 2 N–H and O–H groups in total. The van der Waals surface area contributed by atoms with Crippen LogP contribution in [-0.4, -0.2) is 55.4 Å². The second kappa shape index (κ2) is 5.27. The van der Waals surface area contributed by atoms with Crippen molar-refractivity contribution in [2.24, 2.45) is 11.3 Å². The van der Waals surface area contributed by atoms with Gasteiger partial charge in [-0.2, -0.15) is 0 Å². The molecule has 3 aliphatic rings. The Bertz CT molecular complexity index is 721. The molecule has 1 aromatic rings. The minimum Gasteiger partial charge on any atom is -0.493 e. The van der Waals surface area contributed by atoms with Crippen molar-refractivity contribution < 1.29 is 28.9 Å². The number of amides is 1. The Kier molecular flexibility index (Phi) is 3.31. The molecule has 2 fully saturated rings. The number of ether oxygens (including phenoxy) is 3. The molecule has 2 atom stereocenters. The maximum atomic E-state index is 12.0. The molecule has 3 aliphatic heterocycles. The van der Waals surface area contributed by atoms with Gasteiger partial charge in [-0.25, -0.2) is 0 Å². The van der Waals surface area contributed by atoms with Crippen LogP contribution in [0.5, 0.6) is 17.2 Å². The highest BCUT2D eigenvalue weighted by Gasteiger charge is 2.59. The number of hydrogen-bond donors (Lipinski definition) is 2. The summed E-state index contributed by atoms with van der Waals surface area (Å²) in [6, 6.07) is 3.72. The van der Waals surface area contributed by atoms with Crippen molar-refractivity contribution in [1.82, 2.24) is 10.2 Å². The van der Waals surface area contributed by atoms with Crippen LogP contribution in [0, 0.1) is 11.3 Å². The predicted octanol–water partition coefficient (Wildman–Crippen LogP) is 0.0565. The van der Waals surface area contributed by atoms with Crippen molar-refractivity contribution in [3.63, 3.8) is 0 Å². The highest BCUT2D eigenvalue weighted by molar-refractivity contribution is 5.92. The highest BCUT2D eigenvalue weighted by Crippen LogP contribution is 2.44. The normalized spacial score (nSPS) is 27.9. The molecule has 0 aliphatic carbocycles. The van der Waals surface area contributed by atoms with Crippen LogP contribution in [0.2, 0.25) is 0 Å². The molecule has 0 unspecified atom stereocenters. The molecule has 0 radical (unpaired) electrons. The third kappa shape index (κ3) is 2.10. The molecule has 24 heavy (non-hydrogen) atoms. The summed E-state index contributed by atoms with van der Waals surface area (Å²) in [5.41, 5.74) is -0.102. The van der Waals surface area contributed by atoms with Crippen LogP contribution in [-0.2, 0) is 16.1 Å². The first-order valence-electron chi connectivity index (χ1n) is 7.73. The van der Waals surface area contributed by atoms with Crippen LogP contribution < -0.4 is 19.5 Å². The lowest BCUT2D eigenvalue weighted by Gasteiger charge is -2.22. The second-order valence-electron chi connectivity index (χ2n) is 6.43. The van der Waals surface area contributed by atoms with Crippen molar-refractivity contribution in [3.05, 3.63) is 17.7 Å². The summed E-state index contributed by atoms with van der Waals surface area (Å²) in [6.45, 7) is 1.62. The lowest BCUT2D eigenvalue weighted by Crippen LogP contribution is -2.40. The fourth-order valence-electron chi connectivity index (χ4n) is 3.83. The van der Waals surface area contributed by atoms with Crippen molar-refractivity contribution in [2.45, 2.75) is 6.54 Å². The summed E-state index contributed by atoms with van der Waals surface area (Å²) < 4.78 is 16.1. The van der Waals surface area contributed by atoms with Crippen LogP contribution in [0.25, 0.3) is 0 Å². The van der Waals surface area contributed by atoms with Gasteiger partial charge in [-0.05, 0) is 17.7 Å². The zero-order valence-electron chi connectivity index (χ0n) is 13.2. The molecule has 0 bridgehead atoms. The van der Waals surface area contributed by atoms with Gasteiger partial charge < -0.3 is 24.6 Å². The molecule has 0 aromatic heterocycles. The Hall–Kier alpha value is -2.48. The summed E-state index contributed by atoms with van der Waals surface area (Å²) in [4.78, 5) is 25.7. The third-order valence-corrected chi connectivity index (χ3v) is 5.06. The number of likely N-dealkylation sites (tertiary alicyclic amines) is 1. The monoisotopic (exact) mass is 334 g/mol. The summed E-state index contributed by atoms with van der Waals surface area (Å²) >= 11 is 0. The van der Waals surface area contributed by atoms with Gasteiger partial charge in [0.05, 0.1) is 13.0 Å². The Balaban J connectivity index is 1.57. The number of nitrogens with one attached hydrogen (secondary N) is 1. The number of carboxylic acid groups (broad SMARTS) is 1. The van der Waals surface area contributed by atoms with Gasteiger partial charge in [0.25, 0.3) is 0 Å². The number of aliphatic carboxylic acids is 1. The van der Waals surface area contributed by atoms with Crippen LogP contribution in [0.1, 0.15) is 5.56 Å². The lowest BCUT2D eigenvalue weighted by molar-refractivity contribution is -0.149. The number of carbonyl (C=O) groups is 2. The fourth-order valence-corrected chi connectivity index (χ4v) is 3.83. The Labute approximate surface area is 138 Å². The van der Waals surface area contributed by atoms with Gasteiger partial charge in [-0.1, -0.05) is 0 Å². The van der Waals surface area contributed by atoms with E-state index in [1.165, 1.54) is 0 Å². The topological polar surface area (TPSA) is 97.3 Å². The molecule has 1 amide bonds. The summed E-state index contributed by atoms with van der Waals surface area (Å²) in [7, 11) is 1.56. The quantitative estimate of drug-likeness (QED) is 0.803. The SMILES string of the molecule is COc1cc(CN2C[C@@H]3C(=O)NC[C@]3(C(=O)O)C2)cc2c1OCO2. The van der Waals surface area contributed by atoms with E-state index < -0.39 is 17.3 Å². The smallest absolute Gasteiger partial charge is 0.313 e. The zero-order valence-corrected chi connectivity index (χ0v) is 13.2. The zero-order chi connectivity index (χ0) is 16.9. The molecule has 3 heterocycles. The number of nitrogens with zero attached hydrogens (tertiary/aromatic N) is 1. The second-order valence-corrected chi connectivity index (χ2v) is 6.43. The predicted molar refractivity (Wildman–Crippen MR) is 81.0 cm³/mol. The molecule has 128 valence electrons. The van der Waals surface area contributed by atoms with E-state index in [-0.39, 0.29) is 19.2 Å². The number of fused-ring (bicyclic) bond motifs is 2. The van der Waals surface area contributed by atoms with Gasteiger partial charge in [0.1, 0.15) is 5.41 Å². The Morgan fingerprint density at radius 2 is 2.33 bits per heavy atom. The van der Waals surface area contributed by atoms with E-state index in [0.717, 1.165) is 5.56 Å². The first kappa shape index (κ1) is 15.1. The first-order valence-corrected chi connectivity index (χ1v) is 7.73. The molecule has 8 nitrogen and oxygen atoms in total. The lowest BCUT2D eigenvalue weighted by atomic mass is 9.81. The fraction of sp³-hybridized carbons (Fsp3) is 0.500. The number of benzene rings is 1. The number of methoxy groups -OCH3 is 1. The number of hydrogen-bond acceptors (Lipinski definition) is 6. The van der Waals surface area contributed by atoms with Gasteiger partial charge in [0.15, 0.2) is 11.5 Å². The van der Waals surface area contributed by atoms with Crippen molar-refractivity contribution in [1.29, 1.82) is 0 Å². The largest absolute Gasteiger partial charge is 0.493 e. The molecule has 8 heteroatoms. The van der Waals surface area contributed by atoms with E-state index in [1.807, 2.05) is 17.0 Å². The summed E-state index contributed by atoms with van der Waals surface area (Å²) in [5, 5.41) is 12.3. The number of carboxylic acids is 1. The van der Waals surface area contributed by atoms with Crippen LogP contribution in [0.15, 0.2) is 12.1 Å². The molecule has 2 saturated heterocycles. The van der Waals surface area contributed by atoms with Gasteiger partial charge in [-0.3, -0.25) is 14.5 Å². The van der Waals surface area contributed by atoms with Crippen LogP contribution in [0.3, 0.4) is 0 Å². The summed E-state index contributed by atoms with van der Waals surface area (Å²) in [6.07, 6.45) is 0. The summed E-state index contributed by atoms with van der Waals surface area (Å²) in [5.74, 6) is 0.186. The Morgan fingerprint density at radius 1 is 1.50 bits per heavy atom. The molecule has 0 saturated carbocycles. The Morgan fingerprint density at radius 3 is 3.04 bits per heavy atom. The van der Waals surface area contributed by atoms with Crippen LogP contribution >= 0.6 is 0 Å². The number of rotatable bonds is 4. The van der Waals surface area contributed by atoms with E-state index in [1.54, 1.807) is 7.11 Å². The molecule has 4 rings (SSSR count).